The molecule has 11 atom stereocenters. The van der Waals surface area contributed by atoms with E-state index >= 15 is 0 Å². The number of hydrogen-bond acceptors (Lipinski definition) is 13. The zero-order chi connectivity index (χ0) is 42.0. The van der Waals surface area contributed by atoms with Crippen molar-refractivity contribution in [1.29, 1.82) is 0 Å². The Bertz CT molecular complexity index is 1800. The summed E-state index contributed by atoms with van der Waals surface area (Å²) in [5, 5.41) is 10.3. The predicted octanol–water partition coefficient (Wildman–Crippen LogP) is 7.18. The summed E-state index contributed by atoms with van der Waals surface area (Å²) >= 11 is 0. The van der Waals surface area contributed by atoms with Gasteiger partial charge in [0.05, 0.1) is 43.2 Å². The number of benzene rings is 3. The first-order valence-electron chi connectivity index (χ1n) is 20.7. The van der Waals surface area contributed by atoms with Crippen LogP contribution in [0.4, 0.5) is 0 Å². The third-order valence-electron chi connectivity index (χ3n) is 10.6. The van der Waals surface area contributed by atoms with Crippen LogP contribution < -0.4 is 9.47 Å². The highest BCUT2D eigenvalue weighted by Crippen LogP contribution is 2.35. The Hall–Kier alpha value is -2.93. The van der Waals surface area contributed by atoms with Crippen LogP contribution in [0.1, 0.15) is 57.6 Å². The van der Waals surface area contributed by atoms with Crippen LogP contribution in [0.5, 0.6) is 11.5 Å². The lowest BCUT2D eigenvalue weighted by Gasteiger charge is -2.45. The fourth-order valence-electron chi connectivity index (χ4n) is 7.28. The smallest absolute Gasteiger partial charge is 0.271 e. The van der Waals surface area contributed by atoms with Gasteiger partial charge in [0.1, 0.15) is 29.5 Å². The molecule has 0 aliphatic carbocycles. The summed E-state index contributed by atoms with van der Waals surface area (Å²) in [6.45, 7) is 13.6. The van der Waals surface area contributed by atoms with Crippen LogP contribution in [0.3, 0.4) is 0 Å². The molecule has 13 nitrogen and oxygen atoms in total. The Morgan fingerprint density at radius 2 is 1.31 bits per heavy atom. The molecule has 0 radical (unpaired) electrons. The summed E-state index contributed by atoms with van der Waals surface area (Å²) < 4.78 is 89.0. The monoisotopic (exact) mass is 858 g/mol. The van der Waals surface area contributed by atoms with Gasteiger partial charge in [-0.25, -0.2) is 0 Å². The standard InChI is InChI=1S/C44H62O13SSi/c1-30-37(45)21-22-40(51-30)55-39-26-42(53-32(3)44(39)57-58(46,47)28-34-15-11-8-12-16-34)56-43-31(2)52-41(25-38(43)49-27-33-13-9-7-10-14-33)54-36-19-17-35(18-20-36)50-29-48-23-24-59(4,5)6/h7-20,30-32,37-45H,21-29H2,1-6H3/t30-,31+,32+,37-,38+,39+,40-,41-,42-,43+,44+/m0/s1. The fourth-order valence-corrected chi connectivity index (χ4v) is 9.32. The van der Waals surface area contributed by atoms with E-state index in [2.05, 4.69) is 19.6 Å². The van der Waals surface area contributed by atoms with Crippen molar-refractivity contribution >= 4 is 18.2 Å². The molecule has 3 aromatic carbocycles. The van der Waals surface area contributed by atoms with Crippen molar-refractivity contribution in [2.24, 2.45) is 0 Å². The molecule has 0 spiro atoms. The van der Waals surface area contributed by atoms with Crippen molar-refractivity contribution in [3.05, 3.63) is 96.1 Å². The molecular formula is C44H62O13SSi. The summed E-state index contributed by atoms with van der Waals surface area (Å²) in [4.78, 5) is 0. The normalized spacial score (nSPS) is 30.5. The molecule has 0 bridgehead atoms. The van der Waals surface area contributed by atoms with Crippen molar-refractivity contribution in [1.82, 2.24) is 0 Å². The SMILES string of the molecule is C[C@@H]1O[C@@H](O[C@@H]2C[C@H](O[C@@H]3[C@@H](C)O[C@@H](Oc4ccc(OCOCC[Si](C)(C)C)cc4)C[C@H]3OCc3ccccc3)O[C@H](C)[C@H]2OS(=O)(=O)Cc2ccccc2)CC[C@@H]1O. The van der Waals surface area contributed by atoms with Crippen molar-refractivity contribution < 1.29 is 60.3 Å². The maximum atomic E-state index is 13.4. The molecule has 59 heavy (non-hydrogen) atoms. The lowest BCUT2D eigenvalue weighted by Crippen LogP contribution is -2.56. The van der Waals surface area contributed by atoms with Crippen LogP contribution in [-0.4, -0.2) is 103 Å². The molecule has 0 unspecified atom stereocenters. The van der Waals surface area contributed by atoms with Gasteiger partial charge in [0.25, 0.3) is 10.1 Å². The van der Waals surface area contributed by atoms with Gasteiger partial charge in [-0.2, -0.15) is 8.42 Å². The van der Waals surface area contributed by atoms with E-state index in [1.54, 1.807) is 38.1 Å². The average Bonchev–Trinajstić information content (AvgIpc) is 3.18. The van der Waals surface area contributed by atoms with Crippen molar-refractivity contribution in [3.8, 4) is 11.5 Å². The number of aliphatic hydroxyl groups excluding tert-OH is 1. The van der Waals surface area contributed by atoms with E-state index in [-0.39, 0.29) is 19.0 Å². The zero-order valence-electron chi connectivity index (χ0n) is 35.1. The summed E-state index contributed by atoms with van der Waals surface area (Å²) in [6.07, 6.45) is -5.90. The molecule has 3 fully saturated rings. The summed E-state index contributed by atoms with van der Waals surface area (Å²) in [7, 11) is -5.22. The predicted molar refractivity (Wildman–Crippen MR) is 223 cm³/mol. The first kappa shape index (κ1) is 45.6. The molecule has 3 aliphatic heterocycles. The molecule has 326 valence electrons. The fraction of sp³-hybridized carbons (Fsp3) is 0.591. The molecule has 3 heterocycles. The first-order chi connectivity index (χ1) is 28.2. The number of ether oxygens (including phenoxy) is 9. The van der Waals surface area contributed by atoms with Gasteiger partial charge in [0.2, 0.25) is 6.29 Å². The topological polar surface area (TPSA) is 147 Å². The number of aliphatic hydroxyl groups is 1. The molecule has 0 aromatic heterocycles. The van der Waals surface area contributed by atoms with Crippen LogP contribution in [0.15, 0.2) is 84.9 Å². The van der Waals surface area contributed by atoms with Gasteiger partial charge in [-0.05, 0) is 68.6 Å². The Morgan fingerprint density at radius 1 is 0.695 bits per heavy atom. The van der Waals surface area contributed by atoms with Gasteiger partial charge in [-0.3, -0.25) is 4.18 Å². The van der Waals surface area contributed by atoms with Crippen LogP contribution in [0, 0.1) is 0 Å². The van der Waals surface area contributed by atoms with E-state index in [1.807, 2.05) is 67.6 Å². The second kappa shape index (κ2) is 21.2. The summed E-state index contributed by atoms with van der Waals surface area (Å²) in [6, 6.07) is 27.2. The molecule has 15 heteroatoms. The average molecular weight is 859 g/mol. The van der Waals surface area contributed by atoms with E-state index < -0.39 is 85.9 Å². The van der Waals surface area contributed by atoms with Crippen LogP contribution in [-0.2, 0) is 59.8 Å². The number of hydrogen-bond donors (Lipinski definition) is 1. The van der Waals surface area contributed by atoms with Gasteiger partial charge in [0, 0.05) is 33.9 Å². The van der Waals surface area contributed by atoms with Crippen LogP contribution in [0.2, 0.25) is 25.7 Å². The molecule has 1 N–H and O–H groups in total. The largest absolute Gasteiger partial charge is 0.468 e. The third kappa shape index (κ3) is 14.3. The lowest BCUT2D eigenvalue weighted by atomic mass is 9.99. The minimum atomic E-state index is -4.05. The van der Waals surface area contributed by atoms with Crippen molar-refractivity contribution in [2.45, 2.75) is 152 Å². The highest BCUT2D eigenvalue weighted by Gasteiger charge is 2.47. The van der Waals surface area contributed by atoms with Crippen LogP contribution in [0.25, 0.3) is 0 Å². The molecular weight excluding hydrogens is 797 g/mol. The van der Waals surface area contributed by atoms with Gasteiger partial charge >= 0.3 is 0 Å². The third-order valence-corrected chi connectivity index (χ3v) is 13.5. The molecule has 6 rings (SSSR count). The second-order valence-electron chi connectivity index (χ2n) is 16.9. The van der Waals surface area contributed by atoms with E-state index in [0.29, 0.717) is 49.5 Å². The molecule has 3 aromatic rings. The van der Waals surface area contributed by atoms with Gasteiger partial charge < -0.3 is 47.7 Å². The second-order valence-corrected chi connectivity index (χ2v) is 24.1. The van der Waals surface area contributed by atoms with Crippen molar-refractivity contribution in [2.75, 3.05) is 13.4 Å². The Kier molecular flexibility index (Phi) is 16.4. The molecule has 0 saturated carbocycles. The quantitative estimate of drug-likeness (QED) is 0.0563. The van der Waals surface area contributed by atoms with Crippen molar-refractivity contribution in [3.63, 3.8) is 0 Å². The minimum Gasteiger partial charge on any atom is -0.468 e. The Labute approximate surface area is 350 Å². The highest BCUT2D eigenvalue weighted by molar-refractivity contribution is 7.85. The molecule has 3 saturated heterocycles. The Morgan fingerprint density at radius 3 is 1.98 bits per heavy atom. The van der Waals surface area contributed by atoms with E-state index in [4.69, 9.17) is 46.8 Å². The minimum absolute atomic E-state index is 0.138. The lowest BCUT2D eigenvalue weighted by molar-refractivity contribution is -0.323. The number of rotatable bonds is 19. The molecule has 0 amide bonds. The maximum Gasteiger partial charge on any atom is 0.271 e. The van der Waals surface area contributed by atoms with E-state index in [1.165, 1.54) is 0 Å². The Balaban J connectivity index is 1.12. The summed E-state index contributed by atoms with van der Waals surface area (Å²) in [5.41, 5.74) is 1.60. The summed E-state index contributed by atoms with van der Waals surface area (Å²) in [5.74, 6) is 0.979. The van der Waals surface area contributed by atoms with Gasteiger partial charge in [-0.15, -0.1) is 0 Å². The first-order valence-corrected chi connectivity index (χ1v) is 26.0. The van der Waals surface area contributed by atoms with E-state index in [0.717, 1.165) is 11.6 Å². The zero-order valence-corrected chi connectivity index (χ0v) is 36.9. The van der Waals surface area contributed by atoms with Gasteiger partial charge in [-0.1, -0.05) is 80.3 Å². The van der Waals surface area contributed by atoms with E-state index in [9.17, 15) is 13.5 Å². The highest BCUT2D eigenvalue weighted by atomic mass is 32.2. The molecule has 3 aliphatic rings. The van der Waals surface area contributed by atoms with Gasteiger partial charge in [0.15, 0.2) is 19.4 Å². The maximum absolute atomic E-state index is 13.4. The van der Waals surface area contributed by atoms with Crippen LogP contribution >= 0.6 is 0 Å².